The summed E-state index contributed by atoms with van der Waals surface area (Å²) < 4.78 is 13.1. The number of hydrogen-bond acceptors (Lipinski definition) is 1. The van der Waals surface area contributed by atoms with Crippen molar-refractivity contribution in [3.8, 4) is 0 Å². The van der Waals surface area contributed by atoms with Crippen LogP contribution >= 0.6 is 23.7 Å². The molecule has 0 saturated carbocycles. The molecule has 2 rings (SSSR count). The van der Waals surface area contributed by atoms with Gasteiger partial charge >= 0.3 is 7.80 Å². The zero-order valence-corrected chi connectivity index (χ0v) is 10.4. The zero-order valence-electron chi connectivity index (χ0n) is 7.93. The predicted octanol–water partition coefficient (Wildman–Crippen LogP) is 3.23. The van der Waals surface area contributed by atoms with E-state index in [2.05, 4.69) is 15.9 Å². The third-order valence-electron chi connectivity index (χ3n) is 2.06. The van der Waals surface area contributed by atoms with Crippen LogP contribution in [0.5, 0.6) is 0 Å². The fourth-order valence-electron chi connectivity index (χ4n) is 1.32. The first-order chi connectivity index (χ1) is 7.29. The van der Waals surface area contributed by atoms with Crippen LogP contribution in [0.25, 0.3) is 0 Å². The molecular formula is C12H9BrOP+. The van der Waals surface area contributed by atoms with Gasteiger partial charge in [-0.15, -0.1) is 0 Å². The molecule has 0 amide bonds. The summed E-state index contributed by atoms with van der Waals surface area (Å²) in [6.07, 6.45) is 0. The topological polar surface area (TPSA) is 17.1 Å². The molecule has 1 nitrogen and oxygen atoms in total. The second-order valence-electron chi connectivity index (χ2n) is 3.08. The molecule has 0 aliphatic carbocycles. The number of halogens is 1. The lowest BCUT2D eigenvalue weighted by Gasteiger charge is -1.91. The fourth-order valence-corrected chi connectivity index (χ4v) is 3.30. The van der Waals surface area contributed by atoms with Crippen LogP contribution in [0, 0.1) is 0 Å². The highest BCUT2D eigenvalue weighted by Gasteiger charge is 2.25. The molecule has 2 aromatic rings. The van der Waals surface area contributed by atoms with Crippen molar-refractivity contribution in [3.63, 3.8) is 0 Å². The highest BCUT2D eigenvalue weighted by molar-refractivity contribution is 9.10. The van der Waals surface area contributed by atoms with Crippen LogP contribution in [0.4, 0.5) is 0 Å². The summed E-state index contributed by atoms with van der Waals surface area (Å²) >= 11 is 3.41. The summed E-state index contributed by atoms with van der Waals surface area (Å²) in [5, 5.41) is 1.71. The van der Waals surface area contributed by atoms with Crippen molar-refractivity contribution in [2.24, 2.45) is 0 Å². The van der Waals surface area contributed by atoms with E-state index in [1.165, 1.54) is 0 Å². The van der Waals surface area contributed by atoms with E-state index in [-0.39, 0.29) is 0 Å². The minimum absolute atomic E-state index is 0.846. The SMILES string of the molecule is O=[P+](c1ccccc1)c1ccccc1Br. The Labute approximate surface area is 98.1 Å². The van der Waals surface area contributed by atoms with Crippen LogP contribution in [0.1, 0.15) is 0 Å². The van der Waals surface area contributed by atoms with Crippen molar-refractivity contribution in [1.29, 1.82) is 0 Å². The van der Waals surface area contributed by atoms with Gasteiger partial charge in [-0.3, -0.25) is 0 Å². The third-order valence-corrected chi connectivity index (χ3v) is 4.65. The molecule has 15 heavy (non-hydrogen) atoms. The van der Waals surface area contributed by atoms with Gasteiger partial charge in [-0.2, -0.15) is 0 Å². The van der Waals surface area contributed by atoms with Gasteiger partial charge in [0.1, 0.15) is 0 Å². The summed E-state index contributed by atoms with van der Waals surface area (Å²) in [6, 6.07) is 17.1. The number of benzene rings is 2. The van der Waals surface area contributed by atoms with Gasteiger partial charge < -0.3 is 0 Å². The Morgan fingerprint density at radius 1 is 0.867 bits per heavy atom. The second kappa shape index (κ2) is 4.69. The molecule has 0 aliphatic heterocycles. The van der Waals surface area contributed by atoms with Gasteiger partial charge in [0, 0.05) is 0 Å². The molecule has 2 aromatic carbocycles. The maximum atomic E-state index is 12.2. The van der Waals surface area contributed by atoms with Crippen LogP contribution in [0.15, 0.2) is 59.1 Å². The first kappa shape index (κ1) is 10.5. The molecule has 0 N–H and O–H groups in total. The monoisotopic (exact) mass is 279 g/mol. The summed E-state index contributed by atoms with van der Waals surface area (Å²) in [4.78, 5) is 0. The van der Waals surface area contributed by atoms with Crippen molar-refractivity contribution >= 4 is 34.3 Å². The molecule has 0 aliphatic rings. The van der Waals surface area contributed by atoms with Gasteiger partial charge in [0.05, 0.1) is 4.47 Å². The lowest BCUT2D eigenvalue weighted by atomic mass is 10.4. The lowest BCUT2D eigenvalue weighted by molar-refractivity contribution is 0.598. The van der Waals surface area contributed by atoms with Gasteiger partial charge in [-0.1, -0.05) is 34.9 Å². The average Bonchev–Trinajstić information content (AvgIpc) is 2.30. The van der Waals surface area contributed by atoms with Gasteiger partial charge in [-0.05, 0) is 40.2 Å². The minimum Gasteiger partial charge on any atom is -0.0619 e. The van der Waals surface area contributed by atoms with Crippen molar-refractivity contribution in [3.05, 3.63) is 59.1 Å². The predicted molar refractivity (Wildman–Crippen MR) is 67.5 cm³/mol. The van der Waals surface area contributed by atoms with Crippen LogP contribution in [-0.4, -0.2) is 0 Å². The van der Waals surface area contributed by atoms with Gasteiger partial charge in [0.2, 0.25) is 5.30 Å². The standard InChI is InChI=1S/C12H9BrOP/c13-11-8-4-5-9-12(11)15(14)10-6-2-1-3-7-10/h1-9H/q+1. The van der Waals surface area contributed by atoms with E-state index in [9.17, 15) is 4.57 Å². The Morgan fingerprint density at radius 2 is 1.47 bits per heavy atom. The highest BCUT2D eigenvalue weighted by atomic mass is 79.9. The molecule has 0 saturated heterocycles. The quantitative estimate of drug-likeness (QED) is 0.772. The maximum absolute atomic E-state index is 12.2. The van der Waals surface area contributed by atoms with E-state index in [0.717, 1.165) is 15.1 Å². The largest absolute Gasteiger partial charge is 0.416 e. The Balaban J connectivity index is 2.42. The summed E-state index contributed by atoms with van der Waals surface area (Å²) in [5.41, 5.74) is 0. The Morgan fingerprint density at radius 3 is 2.13 bits per heavy atom. The van der Waals surface area contributed by atoms with Crippen molar-refractivity contribution in [1.82, 2.24) is 0 Å². The molecule has 1 atom stereocenters. The van der Waals surface area contributed by atoms with Crippen LogP contribution in [0.3, 0.4) is 0 Å². The molecule has 0 heterocycles. The third kappa shape index (κ3) is 2.34. The summed E-state index contributed by atoms with van der Waals surface area (Å²) in [6.45, 7) is 0. The molecule has 0 bridgehead atoms. The summed E-state index contributed by atoms with van der Waals surface area (Å²) in [5.74, 6) is 0. The van der Waals surface area contributed by atoms with Gasteiger partial charge in [-0.25, -0.2) is 0 Å². The Hall–Kier alpha value is -0.980. The van der Waals surface area contributed by atoms with E-state index in [1.807, 2.05) is 54.6 Å². The van der Waals surface area contributed by atoms with E-state index in [0.29, 0.717) is 0 Å². The van der Waals surface area contributed by atoms with Crippen molar-refractivity contribution < 1.29 is 4.57 Å². The van der Waals surface area contributed by atoms with E-state index < -0.39 is 7.80 Å². The first-order valence-electron chi connectivity index (χ1n) is 4.56. The Kier molecular flexibility index (Phi) is 3.30. The van der Waals surface area contributed by atoms with Crippen LogP contribution < -0.4 is 10.6 Å². The van der Waals surface area contributed by atoms with Gasteiger partial charge in [0.15, 0.2) is 5.30 Å². The molecule has 3 heteroatoms. The van der Waals surface area contributed by atoms with E-state index >= 15 is 0 Å². The lowest BCUT2D eigenvalue weighted by Crippen LogP contribution is -2.07. The fraction of sp³-hybridized carbons (Fsp3) is 0. The second-order valence-corrected chi connectivity index (χ2v) is 5.52. The Bertz CT molecular complexity index is 482. The normalized spacial score (nSPS) is 11.1. The number of rotatable bonds is 2. The highest BCUT2D eigenvalue weighted by Crippen LogP contribution is 2.23. The van der Waals surface area contributed by atoms with Crippen LogP contribution in [0.2, 0.25) is 0 Å². The summed E-state index contributed by atoms with van der Waals surface area (Å²) in [7, 11) is -1.49. The molecule has 0 radical (unpaired) electrons. The maximum Gasteiger partial charge on any atom is 0.416 e. The van der Waals surface area contributed by atoms with E-state index in [4.69, 9.17) is 0 Å². The van der Waals surface area contributed by atoms with Crippen molar-refractivity contribution in [2.45, 2.75) is 0 Å². The zero-order chi connectivity index (χ0) is 10.7. The minimum atomic E-state index is -1.49. The van der Waals surface area contributed by atoms with E-state index in [1.54, 1.807) is 0 Å². The molecule has 74 valence electrons. The van der Waals surface area contributed by atoms with Crippen molar-refractivity contribution in [2.75, 3.05) is 0 Å². The first-order valence-corrected chi connectivity index (χ1v) is 6.61. The molecule has 0 aromatic heterocycles. The molecule has 0 spiro atoms. The van der Waals surface area contributed by atoms with Crippen LogP contribution in [-0.2, 0) is 4.57 Å². The molecule has 1 unspecified atom stereocenters. The molecular weight excluding hydrogens is 271 g/mol. The molecule has 0 fully saturated rings. The van der Waals surface area contributed by atoms with Gasteiger partial charge in [0.25, 0.3) is 0 Å². The smallest absolute Gasteiger partial charge is 0.0619 e. The average molecular weight is 280 g/mol. The number of hydrogen-bond donors (Lipinski definition) is 0.